The van der Waals surface area contributed by atoms with Crippen molar-refractivity contribution in [2.75, 3.05) is 25.6 Å². The fourth-order valence-electron chi connectivity index (χ4n) is 3.86. The number of aromatic nitrogens is 1. The molecule has 1 N–H and O–H groups in total. The molecule has 116 valence electrons. The van der Waals surface area contributed by atoms with E-state index in [1.807, 2.05) is 30.5 Å². The summed E-state index contributed by atoms with van der Waals surface area (Å²) in [7, 11) is 1.75. The quantitative estimate of drug-likeness (QED) is 0.939. The second kappa shape index (κ2) is 5.69. The van der Waals surface area contributed by atoms with Crippen molar-refractivity contribution in [2.45, 2.75) is 18.6 Å². The summed E-state index contributed by atoms with van der Waals surface area (Å²) < 4.78 is 11.2. The van der Waals surface area contributed by atoms with Crippen LogP contribution in [0.3, 0.4) is 0 Å². The van der Waals surface area contributed by atoms with Gasteiger partial charge in [0.1, 0.15) is 0 Å². The van der Waals surface area contributed by atoms with Crippen molar-refractivity contribution in [3.63, 3.8) is 0 Å². The van der Waals surface area contributed by atoms with Crippen LogP contribution >= 0.6 is 11.6 Å². The van der Waals surface area contributed by atoms with Gasteiger partial charge in [-0.3, -0.25) is 4.98 Å². The van der Waals surface area contributed by atoms with Crippen molar-refractivity contribution in [3.05, 3.63) is 35.5 Å². The molecule has 2 aliphatic rings. The number of fused-ring (bicyclic) bond motifs is 2. The molecule has 4 nitrogen and oxygen atoms in total. The Morgan fingerprint density at radius 2 is 2.32 bits per heavy atom. The summed E-state index contributed by atoms with van der Waals surface area (Å²) in [4.78, 5) is 4.41. The number of nitrogens with zero attached hydrogens (tertiary/aromatic N) is 1. The highest BCUT2D eigenvalue weighted by Crippen LogP contribution is 2.45. The Morgan fingerprint density at radius 3 is 3.18 bits per heavy atom. The number of hydrogen-bond donors (Lipinski definition) is 1. The lowest BCUT2D eigenvalue weighted by Gasteiger charge is -2.48. The average molecular weight is 319 g/mol. The van der Waals surface area contributed by atoms with E-state index in [9.17, 15) is 0 Å². The number of hydrogen-bond acceptors (Lipinski definition) is 4. The summed E-state index contributed by atoms with van der Waals surface area (Å²) in [5.41, 5.74) is 2.04. The average Bonchev–Trinajstić information content (AvgIpc) is 2.95. The van der Waals surface area contributed by atoms with Crippen molar-refractivity contribution < 1.29 is 9.47 Å². The van der Waals surface area contributed by atoms with Gasteiger partial charge in [-0.15, -0.1) is 0 Å². The Labute approximate surface area is 134 Å². The first-order chi connectivity index (χ1) is 10.8. The Bertz CT molecular complexity index is 693. The number of anilines is 1. The van der Waals surface area contributed by atoms with Gasteiger partial charge in [0.05, 0.1) is 18.2 Å². The van der Waals surface area contributed by atoms with Crippen LogP contribution < -0.4 is 5.32 Å². The number of benzene rings is 1. The van der Waals surface area contributed by atoms with Gasteiger partial charge in [0.25, 0.3) is 0 Å². The third-order valence-electron chi connectivity index (χ3n) is 4.91. The maximum Gasteiger partial charge on any atom is 0.0723 e. The number of nitrogens with one attached hydrogen (secondary N) is 1. The van der Waals surface area contributed by atoms with E-state index in [0.717, 1.165) is 41.2 Å². The maximum atomic E-state index is 6.15. The van der Waals surface area contributed by atoms with Gasteiger partial charge in [-0.25, -0.2) is 0 Å². The van der Waals surface area contributed by atoms with Crippen LogP contribution in [-0.4, -0.2) is 37.5 Å². The highest BCUT2D eigenvalue weighted by atomic mass is 35.5. The SMILES string of the molecule is COC[C@@H]1[C@@H](Nc2ccnc3ccc(Cl)cc23)[C@@H]2CCO[C@H]12. The van der Waals surface area contributed by atoms with Crippen molar-refractivity contribution in [2.24, 2.45) is 11.8 Å². The van der Waals surface area contributed by atoms with Crippen LogP contribution in [0, 0.1) is 11.8 Å². The van der Waals surface area contributed by atoms with E-state index >= 15 is 0 Å². The zero-order chi connectivity index (χ0) is 15.1. The molecule has 0 amide bonds. The Morgan fingerprint density at radius 1 is 1.41 bits per heavy atom. The number of halogens is 1. The zero-order valence-corrected chi connectivity index (χ0v) is 13.2. The first-order valence-corrected chi connectivity index (χ1v) is 8.07. The van der Waals surface area contributed by atoms with Crippen molar-refractivity contribution in [1.29, 1.82) is 0 Å². The van der Waals surface area contributed by atoms with E-state index in [1.165, 1.54) is 0 Å². The normalized spacial score (nSPS) is 30.1. The fourth-order valence-corrected chi connectivity index (χ4v) is 4.03. The molecule has 2 heterocycles. The lowest BCUT2D eigenvalue weighted by Crippen LogP contribution is -2.58. The molecular formula is C17H19ClN2O2. The lowest BCUT2D eigenvalue weighted by molar-refractivity contribution is -0.0666. The van der Waals surface area contributed by atoms with Crippen LogP contribution in [0.1, 0.15) is 6.42 Å². The van der Waals surface area contributed by atoms with Gasteiger partial charge in [0, 0.05) is 53.9 Å². The van der Waals surface area contributed by atoms with Crippen LogP contribution in [-0.2, 0) is 9.47 Å². The van der Waals surface area contributed by atoms with Gasteiger partial charge < -0.3 is 14.8 Å². The first-order valence-electron chi connectivity index (χ1n) is 7.69. The zero-order valence-electron chi connectivity index (χ0n) is 12.5. The standard InChI is InChI=1S/C17H19ClN2O2/c1-21-9-13-16(11-5-7-22-17(11)13)20-15-4-6-19-14-3-2-10(18)8-12(14)15/h2-4,6,8,11,13,16-17H,5,7,9H2,1H3,(H,19,20)/t11-,13+,16-,17-/m0/s1. The van der Waals surface area contributed by atoms with E-state index < -0.39 is 0 Å². The molecule has 0 spiro atoms. The number of methoxy groups -OCH3 is 1. The molecule has 1 aromatic carbocycles. The summed E-state index contributed by atoms with van der Waals surface area (Å²) in [6.07, 6.45) is 3.30. The Kier molecular flexibility index (Phi) is 3.68. The molecule has 0 bridgehead atoms. The van der Waals surface area contributed by atoms with E-state index in [2.05, 4.69) is 10.3 Å². The molecule has 4 rings (SSSR count). The number of pyridine rings is 1. The third-order valence-corrected chi connectivity index (χ3v) is 5.15. The fraction of sp³-hybridized carbons (Fsp3) is 0.471. The predicted octanol–water partition coefficient (Wildman–Crippen LogP) is 3.35. The molecule has 1 aromatic heterocycles. The molecule has 22 heavy (non-hydrogen) atoms. The van der Waals surface area contributed by atoms with E-state index in [4.69, 9.17) is 21.1 Å². The van der Waals surface area contributed by atoms with E-state index in [1.54, 1.807) is 7.11 Å². The van der Waals surface area contributed by atoms with Crippen LogP contribution in [0.4, 0.5) is 5.69 Å². The van der Waals surface area contributed by atoms with Crippen molar-refractivity contribution in [1.82, 2.24) is 4.98 Å². The van der Waals surface area contributed by atoms with Crippen LogP contribution in [0.15, 0.2) is 30.5 Å². The summed E-state index contributed by atoms with van der Waals surface area (Å²) in [6.45, 7) is 1.58. The molecule has 2 fully saturated rings. The summed E-state index contributed by atoms with van der Waals surface area (Å²) in [5.74, 6) is 0.974. The molecule has 4 atom stereocenters. The van der Waals surface area contributed by atoms with Gasteiger partial charge in [0.2, 0.25) is 0 Å². The number of rotatable bonds is 4. The van der Waals surface area contributed by atoms with Gasteiger partial charge in [-0.2, -0.15) is 0 Å². The minimum atomic E-state index is 0.342. The minimum Gasteiger partial charge on any atom is -0.384 e. The van der Waals surface area contributed by atoms with Crippen LogP contribution in [0.25, 0.3) is 10.9 Å². The smallest absolute Gasteiger partial charge is 0.0723 e. The van der Waals surface area contributed by atoms with Crippen LogP contribution in [0.5, 0.6) is 0 Å². The molecule has 1 saturated heterocycles. The highest BCUT2D eigenvalue weighted by Gasteiger charge is 2.53. The first kappa shape index (κ1) is 14.2. The third kappa shape index (κ3) is 2.26. The monoisotopic (exact) mass is 318 g/mol. The summed E-state index contributed by atoms with van der Waals surface area (Å²) >= 11 is 6.15. The largest absolute Gasteiger partial charge is 0.384 e. The van der Waals surface area contributed by atoms with Crippen molar-refractivity contribution >= 4 is 28.2 Å². The van der Waals surface area contributed by atoms with Crippen LogP contribution in [0.2, 0.25) is 5.02 Å². The molecule has 0 unspecified atom stereocenters. The molecule has 5 heteroatoms. The van der Waals surface area contributed by atoms with Crippen molar-refractivity contribution in [3.8, 4) is 0 Å². The minimum absolute atomic E-state index is 0.342. The summed E-state index contributed by atoms with van der Waals surface area (Å²) in [5, 5.41) is 5.49. The van der Waals surface area contributed by atoms with Gasteiger partial charge in [0.15, 0.2) is 0 Å². The van der Waals surface area contributed by atoms with Gasteiger partial charge in [-0.1, -0.05) is 11.6 Å². The molecule has 1 aliphatic heterocycles. The van der Waals surface area contributed by atoms with Gasteiger partial charge >= 0.3 is 0 Å². The molecule has 1 saturated carbocycles. The van der Waals surface area contributed by atoms with E-state index in [-0.39, 0.29) is 0 Å². The second-order valence-electron chi connectivity index (χ2n) is 6.10. The molecule has 0 radical (unpaired) electrons. The molecular weight excluding hydrogens is 300 g/mol. The Balaban J connectivity index is 1.64. The predicted molar refractivity (Wildman–Crippen MR) is 87.4 cm³/mol. The molecule has 2 aromatic rings. The second-order valence-corrected chi connectivity index (χ2v) is 6.53. The number of ether oxygens (including phenoxy) is 2. The lowest BCUT2D eigenvalue weighted by atomic mass is 9.67. The van der Waals surface area contributed by atoms with E-state index in [0.29, 0.717) is 24.0 Å². The van der Waals surface area contributed by atoms with Gasteiger partial charge in [-0.05, 0) is 30.7 Å². The summed E-state index contributed by atoms with van der Waals surface area (Å²) in [6, 6.07) is 8.21. The molecule has 1 aliphatic carbocycles. The Hall–Kier alpha value is -1.36. The highest BCUT2D eigenvalue weighted by molar-refractivity contribution is 6.31. The topological polar surface area (TPSA) is 43.4 Å². The maximum absolute atomic E-state index is 6.15.